The molecule has 1 N–H and O–H groups in total. The van der Waals surface area contributed by atoms with Gasteiger partial charge >= 0.3 is 12.0 Å². The molecule has 1 saturated carbocycles. The van der Waals surface area contributed by atoms with Crippen LogP contribution in [0.5, 0.6) is 0 Å². The third-order valence-corrected chi connectivity index (χ3v) is 6.05. The lowest BCUT2D eigenvalue weighted by atomic mass is 9.98. The van der Waals surface area contributed by atoms with Crippen molar-refractivity contribution in [2.45, 2.75) is 63.5 Å². The number of rotatable bonds is 5. The minimum atomic E-state index is -0.979. The van der Waals surface area contributed by atoms with Crippen LogP contribution in [0.25, 0.3) is 0 Å². The molecule has 1 aromatic rings. The van der Waals surface area contributed by atoms with Gasteiger partial charge in [0, 0.05) is 5.56 Å². The second kappa shape index (κ2) is 7.04. The van der Waals surface area contributed by atoms with E-state index >= 15 is 0 Å². The van der Waals surface area contributed by atoms with Gasteiger partial charge in [0.05, 0.1) is 0 Å². The predicted octanol–water partition coefficient (Wildman–Crippen LogP) is 2.15. The van der Waals surface area contributed by atoms with Crippen LogP contribution in [-0.4, -0.2) is 46.8 Å². The highest BCUT2D eigenvalue weighted by Crippen LogP contribution is 2.35. The van der Waals surface area contributed by atoms with Crippen molar-refractivity contribution in [1.29, 1.82) is 0 Å². The van der Waals surface area contributed by atoms with E-state index in [-0.39, 0.29) is 11.7 Å². The van der Waals surface area contributed by atoms with Crippen LogP contribution >= 0.6 is 0 Å². The van der Waals surface area contributed by atoms with Crippen molar-refractivity contribution in [2.24, 2.45) is 0 Å². The summed E-state index contributed by atoms with van der Waals surface area (Å²) in [5.74, 6) is -1.42. The van der Waals surface area contributed by atoms with Crippen molar-refractivity contribution in [3.8, 4) is 0 Å². The van der Waals surface area contributed by atoms with E-state index in [1.54, 1.807) is 6.07 Å². The highest BCUT2D eigenvalue weighted by atomic mass is 16.5. The Hall–Kier alpha value is -2.70. The van der Waals surface area contributed by atoms with Gasteiger partial charge in [-0.05, 0) is 56.2 Å². The summed E-state index contributed by atoms with van der Waals surface area (Å²) in [4.78, 5) is 50.5. The summed E-state index contributed by atoms with van der Waals surface area (Å²) < 4.78 is 5.23. The lowest BCUT2D eigenvalue weighted by Gasteiger charge is -2.20. The summed E-state index contributed by atoms with van der Waals surface area (Å²) in [5, 5.41) is 2.72. The lowest BCUT2D eigenvalue weighted by molar-refractivity contribution is -0.149. The van der Waals surface area contributed by atoms with Crippen LogP contribution < -0.4 is 5.32 Å². The van der Waals surface area contributed by atoms with Gasteiger partial charge in [-0.25, -0.2) is 4.79 Å². The number of amides is 3. The van der Waals surface area contributed by atoms with Gasteiger partial charge in [0.2, 0.25) is 5.78 Å². The van der Waals surface area contributed by atoms with Crippen molar-refractivity contribution in [1.82, 2.24) is 10.2 Å². The average molecular weight is 384 g/mol. The minimum Gasteiger partial charge on any atom is -0.453 e. The average Bonchev–Trinajstić information content (AvgIpc) is 3.38. The molecule has 148 valence electrons. The highest BCUT2D eigenvalue weighted by Gasteiger charge is 2.52. The van der Waals surface area contributed by atoms with Crippen LogP contribution in [0, 0.1) is 0 Å². The molecular formula is C21H24N2O5. The summed E-state index contributed by atoms with van der Waals surface area (Å²) in [6.45, 7) is 1.03. The Kier molecular flexibility index (Phi) is 4.69. The predicted molar refractivity (Wildman–Crippen MR) is 99.8 cm³/mol. The fourth-order valence-electron chi connectivity index (χ4n) is 4.51. The molecule has 2 aliphatic carbocycles. The van der Waals surface area contributed by atoms with Crippen molar-refractivity contribution in [3.63, 3.8) is 0 Å². The summed E-state index contributed by atoms with van der Waals surface area (Å²) in [7, 11) is 0. The number of fused-ring (bicyclic) bond motifs is 1. The van der Waals surface area contributed by atoms with Crippen LogP contribution in [0.2, 0.25) is 0 Å². The normalized spacial score (nSPS) is 21.0. The Morgan fingerprint density at radius 1 is 1.14 bits per heavy atom. The molecule has 1 aromatic carbocycles. The lowest BCUT2D eigenvalue weighted by Crippen LogP contribution is -2.44. The van der Waals surface area contributed by atoms with E-state index < -0.39 is 30.2 Å². The number of imide groups is 1. The maximum atomic E-state index is 12.6. The van der Waals surface area contributed by atoms with Gasteiger partial charge in [-0.2, -0.15) is 0 Å². The van der Waals surface area contributed by atoms with E-state index in [2.05, 4.69) is 5.32 Å². The zero-order valence-corrected chi connectivity index (χ0v) is 16.0. The summed E-state index contributed by atoms with van der Waals surface area (Å²) in [6.07, 6.45) is 5.03. The zero-order chi connectivity index (χ0) is 19.9. The number of carbonyl (C=O) groups excluding carboxylic acids is 4. The topological polar surface area (TPSA) is 92.8 Å². The molecule has 28 heavy (non-hydrogen) atoms. The summed E-state index contributed by atoms with van der Waals surface area (Å²) in [5.41, 5.74) is 2.09. The molecule has 0 aromatic heterocycles. The molecule has 2 fully saturated rings. The monoisotopic (exact) mass is 384 g/mol. The van der Waals surface area contributed by atoms with Gasteiger partial charge in [-0.3, -0.25) is 19.3 Å². The SMILES string of the molecule is C[C@@H](OC(=O)CN1C(=O)NC2(CCCC2)C1=O)C(=O)c1ccc2c(c1)CCC2. The van der Waals surface area contributed by atoms with Gasteiger partial charge in [0.15, 0.2) is 6.10 Å². The standard InChI is InChI=1S/C21H24N2O5/c1-13(18(25)16-8-7-14-5-4-6-15(14)11-16)28-17(24)12-23-19(26)21(22-20(23)27)9-2-3-10-21/h7-8,11,13H,2-6,9-10,12H2,1H3,(H,22,27)/t13-/m1/s1. The van der Waals surface area contributed by atoms with Crippen LogP contribution in [-0.2, 0) is 27.2 Å². The van der Waals surface area contributed by atoms with E-state index in [9.17, 15) is 19.2 Å². The number of hydrogen-bond acceptors (Lipinski definition) is 5. The summed E-state index contributed by atoms with van der Waals surface area (Å²) >= 11 is 0. The van der Waals surface area contributed by atoms with Crippen LogP contribution in [0.4, 0.5) is 4.79 Å². The van der Waals surface area contributed by atoms with Gasteiger partial charge < -0.3 is 10.1 Å². The van der Waals surface area contributed by atoms with Crippen molar-refractivity contribution in [3.05, 3.63) is 34.9 Å². The molecule has 0 bridgehead atoms. The first-order valence-electron chi connectivity index (χ1n) is 9.89. The second-order valence-corrected chi connectivity index (χ2v) is 7.94. The van der Waals surface area contributed by atoms with Gasteiger partial charge in [0.25, 0.3) is 5.91 Å². The molecule has 1 heterocycles. The van der Waals surface area contributed by atoms with Crippen LogP contribution in [0.3, 0.4) is 0 Å². The number of esters is 1. The Balaban J connectivity index is 1.37. The number of Topliss-reactive ketones (excluding diaryl/α,β-unsaturated/α-hetero) is 1. The number of carbonyl (C=O) groups is 4. The summed E-state index contributed by atoms with van der Waals surface area (Å²) in [6, 6.07) is 5.02. The van der Waals surface area contributed by atoms with Gasteiger partial charge in [-0.1, -0.05) is 25.0 Å². The Morgan fingerprint density at radius 3 is 2.61 bits per heavy atom. The molecule has 0 radical (unpaired) electrons. The third kappa shape index (κ3) is 3.19. The number of nitrogens with one attached hydrogen (secondary N) is 1. The van der Waals surface area contributed by atoms with Gasteiger partial charge in [-0.15, -0.1) is 0 Å². The first-order chi connectivity index (χ1) is 13.4. The number of aryl methyl sites for hydroxylation is 2. The smallest absolute Gasteiger partial charge is 0.326 e. The molecule has 1 aliphatic heterocycles. The number of ether oxygens (including phenoxy) is 1. The molecule has 1 saturated heterocycles. The molecular weight excluding hydrogens is 360 g/mol. The molecule has 1 atom stereocenters. The number of benzene rings is 1. The van der Waals surface area contributed by atoms with E-state index in [4.69, 9.17) is 4.74 Å². The molecule has 7 nitrogen and oxygen atoms in total. The van der Waals surface area contributed by atoms with E-state index in [1.165, 1.54) is 18.1 Å². The van der Waals surface area contributed by atoms with Gasteiger partial charge in [0.1, 0.15) is 12.1 Å². The number of nitrogens with zero attached hydrogens (tertiary/aromatic N) is 1. The molecule has 4 rings (SSSR count). The quantitative estimate of drug-likeness (QED) is 0.477. The maximum Gasteiger partial charge on any atom is 0.326 e. The molecule has 7 heteroatoms. The van der Waals surface area contributed by atoms with E-state index in [0.29, 0.717) is 18.4 Å². The van der Waals surface area contributed by atoms with E-state index in [0.717, 1.165) is 37.0 Å². The third-order valence-electron chi connectivity index (χ3n) is 6.05. The number of urea groups is 1. The largest absolute Gasteiger partial charge is 0.453 e. The Bertz CT molecular complexity index is 856. The van der Waals surface area contributed by atoms with Crippen molar-refractivity contribution in [2.75, 3.05) is 6.54 Å². The zero-order valence-electron chi connectivity index (χ0n) is 16.0. The van der Waals surface area contributed by atoms with Crippen molar-refractivity contribution >= 4 is 23.7 Å². The molecule has 1 spiro atoms. The minimum absolute atomic E-state index is 0.285. The first kappa shape index (κ1) is 18.7. The molecule has 3 aliphatic rings. The van der Waals surface area contributed by atoms with Crippen LogP contribution in [0.15, 0.2) is 18.2 Å². The van der Waals surface area contributed by atoms with Crippen LogP contribution in [0.1, 0.15) is 60.5 Å². The molecule has 3 amide bonds. The Labute approximate surface area is 163 Å². The number of ketones is 1. The van der Waals surface area contributed by atoms with Crippen molar-refractivity contribution < 1.29 is 23.9 Å². The Morgan fingerprint density at radius 2 is 1.86 bits per heavy atom. The molecule has 0 unspecified atom stereocenters. The fourth-order valence-corrected chi connectivity index (χ4v) is 4.51. The number of hydrogen-bond donors (Lipinski definition) is 1. The first-order valence-corrected chi connectivity index (χ1v) is 9.89. The highest BCUT2D eigenvalue weighted by molar-refractivity contribution is 6.09. The van der Waals surface area contributed by atoms with E-state index in [1.807, 2.05) is 12.1 Å². The second-order valence-electron chi connectivity index (χ2n) is 7.94. The maximum absolute atomic E-state index is 12.6. The fraction of sp³-hybridized carbons (Fsp3) is 0.524.